The molecule has 0 spiro atoms. The minimum absolute atomic E-state index is 0.0121. The van der Waals surface area contributed by atoms with Crippen LogP contribution in [-0.4, -0.2) is 50.5 Å². The van der Waals surface area contributed by atoms with E-state index in [0.29, 0.717) is 32.1 Å². The second kappa shape index (κ2) is 8.85. The lowest BCUT2D eigenvalue weighted by Crippen LogP contribution is -2.15. The zero-order chi connectivity index (χ0) is 13.2. The fraction of sp³-hybridized carbons (Fsp3) is 0.615. The fourth-order valence-electron chi connectivity index (χ4n) is 1.51. The van der Waals surface area contributed by atoms with Crippen LogP contribution in [-0.2, 0) is 21.3 Å². The van der Waals surface area contributed by atoms with Crippen molar-refractivity contribution in [3.63, 3.8) is 0 Å². The van der Waals surface area contributed by atoms with Crippen molar-refractivity contribution in [1.82, 2.24) is 4.57 Å². The van der Waals surface area contributed by atoms with Gasteiger partial charge in [-0.2, -0.15) is 0 Å². The molecule has 1 rings (SSSR count). The zero-order valence-electron chi connectivity index (χ0n) is 11.1. The van der Waals surface area contributed by atoms with Crippen molar-refractivity contribution in [2.75, 3.05) is 40.1 Å². The number of aryl methyl sites for hydroxylation is 1. The smallest absolute Gasteiger partial charge is 0.204 e. The van der Waals surface area contributed by atoms with Crippen molar-refractivity contribution in [1.29, 1.82) is 0 Å². The van der Waals surface area contributed by atoms with Crippen LogP contribution in [0.5, 0.6) is 0 Å². The predicted molar refractivity (Wildman–Crippen MR) is 67.9 cm³/mol. The molecule has 0 aliphatic heterocycles. The van der Waals surface area contributed by atoms with Gasteiger partial charge in [-0.25, -0.2) is 0 Å². The lowest BCUT2D eigenvalue weighted by atomic mass is 10.3. The molecule has 1 heterocycles. The van der Waals surface area contributed by atoms with Gasteiger partial charge >= 0.3 is 0 Å². The Morgan fingerprint density at radius 1 is 1.22 bits per heavy atom. The quantitative estimate of drug-likeness (QED) is 0.467. The van der Waals surface area contributed by atoms with E-state index in [0.717, 1.165) is 6.42 Å². The summed E-state index contributed by atoms with van der Waals surface area (Å²) < 4.78 is 17.3. The van der Waals surface area contributed by atoms with Gasteiger partial charge in [-0.1, -0.05) is 0 Å². The van der Waals surface area contributed by atoms with Crippen molar-refractivity contribution >= 4 is 5.78 Å². The number of carbonyl (C=O) groups is 1. The van der Waals surface area contributed by atoms with E-state index < -0.39 is 0 Å². The zero-order valence-corrected chi connectivity index (χ0v) is 11.1. The van der Waals surface area contributed by atoms with Crippen molar-refractivity contribution in [2.45, 2.75) is 6.42 Å². The van der Waals surface area contributed by atoms with Gasteiger partial charge in [0.15, 0.2) is 0 Å². The molecule has 0 saturated carbocycles. The first-order valence-electron chi connectivity index (χ1n) is 6.04. The molecule has 0 saturated heterocycles. The SMILES string of the molecule is COCCCOCCOCC(=O)c1cccn1C. The van der Waals surface area contributed by atoms with Crippen molar-refractivity contribution < 1.29 is 19.0 Å². The molecule has 1 aromatic heterocycles. The van der Waals surface area contributed by atoms with Gasteiger partial charge in [-0.05, 0) is 18.6 Å². The average molecular weight is 255 g/mol. The molecule has 5 nitrogen and oxygen atoms in total. The number of methoxy groups -OCH3 is 1. The highest BCUT2D eigenvalue weighted by Crippen LogP contribution is 2.01. The molecular formula is C13H21NO4. The predicted octanol–water partition coefficient (Wildman–Crippen LogP) is 1.28. The molecular weight excluding hydrogens is 234 g/mol. The monoisotopic (exact) mass is 255 g/mol. The number of ether oxygens (including phenoxy) is 3. The molecule has 0 radical (unpaired) electrons. The summed E-state index contributed by atoms with van der Waals surface area (Å²) in [7, 11) is 3.50. The Labute approximate surface area is 108 Å². The van der Waals surface area contributed by atoms with Crippen LogP contribution < -0.4 is 0 Å². The molecule has 0 unspecified atom stereocenters. The van der Waals surface area contributed by atoms with Gasteiger partial charge in [-0.3, -0.25) is 4.79 Å². The highest BCUT2D eigenvalue weighted by atomic mass is 16.5. The average Bonchev–Trinajstić information content (AvgIpc) is 2.79. The maximum Gasteiger partial charge on any atom is 0.204 e. The molecule has 0 bridgehead atoms. The Morgan fingerprint density at radius 3 is 2.67 bits per heavy atom. The van der Waals surface area contributed by atoms with E-state index in [1.165, 1.54) is 0 Å². The van der Waals surface area contributed by atoms with E-state index in [2.05, 4.69) is 0 Å². The molecule has 0 atom stereocenters. The van der Waals surface area contributed by atoms with Crippen LogP contribution in [0, 0.1) is 0 Å². The van der Waals surface area contributed by atoms with Crippen molar-refractivity contribution in [2.24, 2.45) is 7.05 Å². The number of carbonyl (C=O) groups excluding carboxylic acids is 1. The number of ketones is 1. The summed E-state index contributed by atoms with van der Waals surface area (Å²) >= 11 is 0. The van der Waals surface area contributed by atoms with Crippen LogP contribution in [0.15, 0.2) is 18.3 Å². The van der Waals surface area contributed by atoms with E-state index in [4.69, 9.17) is 14.2 Å². The van der Waals surface area contributed by atoms with E-state index in [1.54, 1.807) is 17.7 Å². The van der Waals surface area contributed by atoms with Crippen LogP contribution in [0.1, 0.15) is 16.9 Å². The van der Waals surface area contributed by atoms with E-state index in [-0.39, 0.29) is 12.4 Å². The van der Waals surface area contributed by atoms with Gasteiger partial charge < -0.3 is 18.8 Å². The minimum Gasteiger partial charge on any atom is -0.385 e. The van der Waals surface area contributed by atoms with Crippen LogP contribution in [0.2, 0.25) is 0 Å². The maximum absolute atomic E-state index is 11.7. The molecule has 0 aromatic carbocycles. The summed E-state index contributed by atoms with van der Waals surface area (Å²) in [6.45, 7) is 2.39. The van der Waals surface area contributed by atoms with E-state index in [1.807, 2.05) is 19.3 Å². The third-order valence-corrected chi connectivity index (χ3v) is 2.47. The molecule has 0 aliphatic rings. The first-order chi connectivity index (χ1) is 8.75. The van der Waals surface area contributed by atoms with Crippen LogP contribution in [0.3, 0.4) is 0 Å². The highest BCUT2D eigenvalue weighted by molar-refractivity contribution is 5.95. The first-order valence-corrected chi connectivity index (χ1v) is 6.04. The summed E-state index contributed by atoms with van der Waals surface area (Å²) in [4.78, 5) is 11.7. The standard InChI is InChI=1S/C13H21NO4/c1-14-6-3-5-12(14)13(15)11-18-10-9-17-8-4-7-16-2/h3,5-6H,4,7-11H2,1-2H3. The molecule has 0 aliphatic carbocycles. The molecule has 0 N–H and O–H groups in total. The Kier molecular flexibility index (Phi) is 7.32. The molecule has 0 fully saturated rings. The number of aromatic nitrogens is 1. The summed E-state index contributed by atoms with van der Waals surface area (Å²) in [6.07, 6.45) is 2.71. The third kappa shape index (κ3) is 5.44. The molecule has 1 aromatic rings. The van der Waals surface area contributed by atoms with Gasteiger partial charge in [0.1, 0.15) is 6.61 Å². The molecule has 0 amide bonds. The van der Waals surface area contributed by atoms with Crippen molar-refractivity contribution in [3.8, 4) is 0 Å². The summed E-state index contributed by atoms with van der Waals surface area (Å²) in [5.41, 5.74) is 0.663. The Morgan fingerprint density at radius 2 is 2.00 bits per heavy atom. The van der Waals surface area contributed by atoms with Crippen LogP contribution >= 0.6 is 0 Å². The van der Waals surface area contributed by atoms with Crippen molar-refractivity contribution in [3.05, 3.63) is 24.0 Å². The number of hydrogen-bond donors (Lipinski definition) is 0. The lowest BCUT2D eigenvalue weighted by molar-refractivity contribution is 0.0379. The molecule has 5 heteroatoms. The van der Waals surface area contributed by atoms with Gasteiger partial charge in [0.2, 0.25) is 5.78 Å². The molecule has 18 heavy (non-hydrogen) atoms. The number of hydrogen-bond acceptors (Lipinski definition) is 4. The Bertz CT molecular complexity index is 349. The Hall–Kier alpha value is -1.17. The lowest BCUT2D eigenvalue weighted by Gasteiger charge is -2.06. The van der Waals surface area contributed by atoms with E-state index >= 15 is 0 Å². The summed E-state index contributed by atoms with van der Waals surface area (Å²) in [5, 5.41) is 0. The minimum atomic E-state index is -0.0121. The number of rotatable bonds is 10. The summed E-state index contributed by atoms with van der Waals surface area (Å²) in [6, 6.07) is 3.62. The van der Waals surface area contributed by atoms with Crippen LogP contribution in [0.25, 0.3) is 0 Å². The van der Waals surface area contributed by atoms with Gasteiger partial charge in [0, 0.05) is 33.6 Å². The van der Waals surface area contributed by atoms with E-state index in [9.17, 15) is 4.79 Å². The summed E-state index contributed by atoms with van der Waals surface area (Å²) in [5.74, 6) is -0.0121. The van der Waals surface area contributed by atoms with Gasteiger partial charge in [0.05, 0.1) is 18.9 Å². The normalized spacial score (nSPS) is 10.8. The van der Waals surface area contributed by atoms with Gasteiger partial charge in [-0.15, -0.1) is 0 Å². The third-order valence-electron chi connectivity index (χ3n) is 2.47. The number of Topliss-reactive ketones (excluding diaryl/α,β-unsaturated/α-hetero) is 1. The molecule has 102 valence electrons. The van der Waals surface area contributed by atoms with Gasteiger partial charge in [0.25, 0.3) is 0 Å². The van der Waals surface area contributed by atoms with Crippen LogP contribution in [0.4, 0.5) is 0 Å². The fourth-order valence-corrected chi connectivity index (χ4v) is 1.51. The highest BCUT2D eigenvalue weighted by Gasteiger charge is 2.08. The Balaban J connectivity index is 2.01. The topological polar surface area (TPSA) is 49.7 Å². The largest absolute Gasteiger partial charge is 0.385 e. The second-order valence-electron chi connectivity index (χ2n) is 3.94. The maximum atomic E-state index is 11.7. The number of nitrogens with zero attached hydrogens (tertiary/aromatic N) is 1. The second-order valence-corrected chi connectivity index (χ2v) is 3.94. The first kappa shape index (κ1) is 14.9.